The molecule has 0 fully saturated rings. The van der Waals surface area contributed by atoms with E-state index in [1.165, 1.54) is 0 Å². The normalized spacial score (nSPS) is 14.5. The maximum Gasteiger partial charge on any atom is 0.241 e. The summed E-state index contributed by atoms with van der Waals surface area (Å²) < 4.78 is 0. The van der Waals surface area contributed by atoms with E-state index in [2.05, 4.69) is 44.8 Å². The number of hydrogen-bond donors (Lipinski definition) is 5. The number of H-pyrrole nitrogens is 1. The fraction of sp³-hybridized carbons (Fsp3) is 0.583. The van der Waals surface area contributed by atoms with Crippen molar-refractivity contribution >= 4 is 22.8 Å². The molecule has 0 aliphatic carbocycles. The van der Waals surface area contributed by atoms with Crippen molar-refractivity contribution in [3.8, 4) is 0 Å². The minimum absolute atomic E-state index is 0.285. The molecule has 1 unspecified atom stereocenters. The van der Waals surface area contributed by atoms with Gasteiger partial charge >= 0.3 is 0 Å². The highest BCUT2D eigenvalue weighted by molar-refractivity contribution is 5.86. The first-order chi connectivity index (χ1) is 9.41. The van der Waals surface area contributed by atoms with Crippen LogP contribution in [0.4, 0.5) is 11.8 Å². The van der Waals surface area contributed by atoms with Gasteiger partial charge in [-0.25, -0.2) is 5.84 Å². The molecule has 2 rings (SSSR count). The molecule has 2 aromatic rings. The van der Waals surface area contributed by atoms with Crippen LogP contribution in [0.25, 0.3) is 11.0 Å². The average Bonchev–Trinajstić information content (AvgIpc) is 2.82. The highest BCUT2D eigenvalue weighted by Gasteiger charge is 2.22. The number of aromatic amines is 1. The first kappa shape index (κ1) is 14.5. The average molecular weight is 279 g/mol. The molecule has 1 atom stereocenters. The van der Waals surface area contributed by atoms with Gasteiger partial charge in [-0.1, -0.05) is 13.8 Å². The second-order valence-corrected chi connectivity index (χ2v) is 5.62. The summed E-state index contributed by atoms with van der Waals surface area (Å²) in [7, 11) is 0. The number of nitrogens with zero attached hydrogens (tertiary/aromatic N) is 3. The number of anilines is 2. The molecule has 0 bridgehead atoms. The molecule has 8 heteroatoms. The Morgan fingerprint density at radius 3 is 2.85 bits per heavy atom. The molecule has 8 nitrogen and oxygen atoms in total. The number of nitrogens with one attached hydrogen (secondary N) is 3. The van der Waals surface area contributed by atoms with Crippen molar-refractivity contribution in [1.29, 1.82) is 0 Å². The van der Waals surface area contributed by atoms with Crippen LogP contribution in [0.2, 0.25) is 0 Å². The Labute approximate surface area is 117 Å². The van der Waals surface area contributed by atoms with Gasteiger partial charge < -0.3 is 10.4 Å². The van der Waals surface area contributed by atoms with Crippen LogP contribution in [-0.4, -0.2) is 37.4 Å². The monoisotopic (exact) mass is 279 g/mol. The molecular formula is C12H21N7O. The van der Waals surface area contributed by atoms with Gasteiger partial charge in [0.15, 0.2) is 5.65 Å². The van der Waals surface area contributed by atoms with E-state index in [9.17, 15) is 5.11 Å². The third-order valence-corrected chi connectivity index (χ3v) is 2.92. The summed E-state index contributed by atoms with van der Waals surface area (Å²) in [6.07, 6.45) is 2.33. The Bertz CT molecular complexity index is 578. The zero-order chi connectivity index (χ0) is 14.8. The topological polar surface area (TPSA) is 125 Å². The van der Waals surface area contributed by atoms with E-state index >= 15 is 0 Å². The van der Waals surface area contributed by atoms with Crippen LogP contribution in [0, 0.1) is 5.92 Å². The molecule has 0 saturated carbocycles. The van der Waals surface area contributed by atoms with Gasteiger partial charge in [0.05, 0.1) is 17.2 Å². The summed E-state index contributed by atoms with van der Waals surface area (Å²) in [5.41, 5.74) is 2.17. The van der Waals surface area contributed by atoms with Crippen LogP contribution < -0.4 is 16.6 Å². The second kappa shape index (κ2) is 5.59. The van der Waals surface area contributed by atoms with E-state index in [0.717, 1.165) is 5.39 Å². The minimum atomic E-state index is -0.814. The molecule has 0 radical (unpaired) electrons. The van der Waals surface area contributed by atoms with Crippen LogP contribution >= 0.6 is 0 Å². The van der Waals surface area contributed by atoms with Gasteiger partial charge in [-0.05, 0) is 19.3 Å². The van der Waals surface area contributed by atoms with Crippen LogP contribution in [0.15, 0.2) is 6.20 Å². The molecule has 2 heterocycles. The fourth-order valence-electron chi connectivity index (χ4n) is 2.26. The van der Waals surface area contributed by atoms with Crippen molar-refractivity contribution in [3.05, 3.63) is 6.20 Å². The number of hydrogen-bond acceptors (Lipinski definition) is 7. The van der Waals surface area contributed by atoms with Crippen LogP contribution in [0.5, 0.6) is 0 Å². The van der Waals surface area contributed by atoms with Crippen molar-refractivity contribution in [1.82, 2.24) is 20.2 Å². The molecule has 0 aliphatic rings. The lowest BCUT2D eigenvalue weighted by Gasteiger charge is -2.26. The Morgan fingerprint density at radius 1 is 1.45 bits per heavy atom. The van der Waals surface area contributed by atoms with E-state index in [0.29, 0.717) is 30.3 Å². The number of nitrogen functional groups attached to an aromatic ring is 1. The van der Waals surface area contributed by atoms with Gasteiger partial charge in [-0.3, -0.25) is 10.5 Å². The van der Waals surface area contributed by atoms with Crippen molar-refractivity contribution in [2.45, 2.75) is 32.8 Å². The number of aliphatic hydroxyl groups is 1. The fourth-order valence-corrected chi connectivity index (χ4v) is 2.26. The highest BCUT2D eigenvalue weighted by atomic mass is 16.3. The number of aromatic nitrogens is 4. The Morgan fingerprint density at radius 2 is 2.20 bits per heavy atom. The van der Waals surface area contributed by atoms with Crippen molar-refractivity contribution in [2.24, 2.45) is 11.8 Å². The molecule has 2 aromatic heterocycles. The smallest absolute Gasteiger partial charge is 0.241 e. The summed E-state index contributed by atoms with van der Waals surface area (Å²) in [5.74, 6) is 6.62. The molecule has 110 valence electrons. The predicted octanol–water partition coefficient (Wildman–Crippen LogP) is 0.848. The molecule has 0 amide bonds. The van der Waals surface area contributed by atoms with Gasteiger partial charge in [0.2, 0.25) is 5.95 Å². The highest BCUT2D eigenvalue weighted by Crippen LogP contribution is 2.22. The standard InChI is InChI=1S/C12H21N7O/c1-7(2)4-12(3,20)6-14-9-8-5-15-19-10(8)17-11(16-9)18-13/h5,7,20H,4,6,13H2,1-3H3,(H3,14,15,16,17,18,19). The van der Waals surface area contributed by atoms with Crippen molar-refractivity contribution in [3.63, 3.8) is 0 Å². The van der Waals surface area contributed by atoms with Crippen LogP contribution in [0.1, 0.15) is 27.2 Å². The Hall–Kier alpha value is -1.93. The molecule has 0 spiro atoms. The quantitative estimate of drug-likeness (QED) is 0.392. The van der Waals surface area contributed by atoms with Gasteiger partial charge in [-0.2, -0.15) is 15.1 Å². The predicted molar refractivity (Wildman–Crippen MR) is 78.1 cm³/mol. The van der Waals surface area contributed by atoms with Crippen LogP contribution in [0.3, 0.4) is 0 Å². The largest absolute Gasteiger partial charge is 0.388 e. The zero-order valence-electron chi connectivity index (χ0n) is 11.9. The Kier molecular flexibility index (Phi) is 4.05. The zero-order valence-corrected chi connectivity index (χ0v) is 11.9. The van der Waals surface area contributed by atoms with Gasteiger partial charge in [-0.15, -0.1) is 0 Å². The maximum absolute atomic E-state index is 10.3. The number of fused-ring (bicyclic) bond motifs is 1. The second-order valence-electron chi connectivity index (χ2n) is 5.62. The van der Waals surface area contributed by atoms with Crippen LogP contribution in [-0.2, 0) is 0 Å². The summed E-state index contributed by atoms with van der Waals surface area (Å²) in [6.45, 7) is 6.33. The summed E-state index contributed by atoms with van der Waals surface area (Å²) in [6, 6.07) is 0. The summed E-state index contributed by atoms with van der Waals surface area (Å²) in [4.78, 5) is 8.38. The number of rotatable bonds is 6. The SMILES string of the molecule is CC(C)CC(C)(O)CNc1nc(NN)nc2[nH]ncc12. The lowest BCUT2D eigenvalue weighted by molar-refractivity contribution is 0.0515. The molecule has 6 N–H and O–H groups in total. The molecular weight excluding hydrogens is 258 g/mol. The third-order valence-electron chi connectivity index (χ3n) is 2.92. The Balaban J connectivity index is 2.18. The molecule has 0 saturated heterocycles. The molecule has 0 aliphatic heterocycles. The maximum atomic E-state index is 10.3. The van der Waals surface area contributed by atoms with E-state index in [1.807, 2.05) is 0 Å². The number of hydrazine groups is 1. The number of nitrogens with two attached hydrogens (primary N) is 1. The summed E-state index contributed by atoms with van der Waals surface area (Å²) in [5, 5.41) is 20.9. The summed E-state index contributed by atoms with van der Waals surface area (Å²) >= 11 is 0. The molecule has 0 aromatic carbocycles. The van der Waals surface area contributed by atoms with E-state index in [4.69, 9.17) is 5.84 Å². The first-order valence-corrected chi connectivity index (χ1v) is 6.55. The molecule has 20 heavy (non-hydrogen) atoms. The van der Waals surface area contributed by atoms with Crippen molar-refractivity contribution < 1.29 is 5.11 Å². The van der Waals surface area contributed by atoms with Gasteiger partial charge in [0.1, 0.15) is 5.82 Å². The van der Waals surface area contributed by atoms with E-state index < -0.39 is 5.60 Å². The lowest BCUT2D eigenvalue weighted by Crippen LogP contribution is -2.35. The first-order valence-electron chi connectivity index (χ1n) is 6.55. The van der Waals surface area contributed by atoms with Gasteiger partial charge in [0.25, 0.3) is 0 Å². The minimum Gasteiger partial charge on any atom is -0.388 e. The van der Waals surface area contributed by atoms with E-state index in [-0.39, 0.29) is 5.95 Å². The third kappa shape index (κ3) is 3.34. The van der Waals surface area contributed by atoms with Crippen molar-refractivity contribution in [2.75, 3.05) is 17.3 Å². The lowest BCUT2D eigenvalue weighted by atomic mass is 9.94. The van der Waals surface area contributed by atoms with Gasteiger partial charge in [0, 0.05) is 6.54 Å². The van der Waals surface area contributed by atoms with E-state index in [1.54, 1.807) is 13.1 Å².